The number of rotatable bonds is 2. The molecule has 7 nitrogen and oxygen atoms in total. The van der Waals surface area contributed by atoms with E-state index in [0.29, 0.717) is 12.0 Å². The zero-order valence-electron chi connectivity index (χ0n) is 9.71. The van der Waals surface area contributed by atoms with Crippen LogP contribution in [0.2, 0.25) is 0 Å². The molecule has 0 bridgehead atoms. The molecule has 2 N–H and O–H groups in total. The lowest BCUT2D eigenvalue weighted by atomic mass is 10.2. The SMILES string of the molecule is Cc1cn([C@H]2C[C@H](CO)N(C)O2)c(=O)[nH]c1=O. The number of hydrogen-bond donors (Lipinski definition) is 2. The second-order valence-corrected chi connectivity index (χ2v) is 4.16. The second-order valence-electron chi connectivity index (χ2n) is 4.16. The maximum atomic E-state index is 11.6. The maximum Gasteiger partial charge on any atom is 0.330 e. The van der Waals surface area contributed by atoms with E-state index in [1.165, 1.54) is 15.8 Å². The second kappa shape index (κ2) is 4.44. The Morgan fingerprint density at radius 3 is 2.88 bits per heavy atom. The summed E-state index contributed by atoms with van der Waals surface area (Å²) in [6, 6.07) is -0.140. The summed E-state index contributed by atoms with van der Waals surface area (Å²) in [5.41, 5.74) is -0.447. The molecule has 0 unspecified atom stereocenters. The summed E-state index contributed by atoms with van der Waals surface area (Å²) in [5.74, 6) is 0. The van der Waals surface area contributed by atoms with Crippen molar-refractivity contribution in [3.05, 3.63) is 32.6 Å². The molecule has 1 aliphatic rings. The van der Waals surface area contributed by atoms with Gasteiger partial charge in [-0.1, -0.05) is 0 Å². The van der Waals surface area contributed by atoms with Gasteiger partial charge in [-0.2, -0.15) is 5.06 Å². The molecule has 0 saturated carbocycles. The highest BCUT2D eigenvalue weighted by atomic mass is 16.7. The molecule has 2 heterocycles. The molecule has 17 heavy (non-hydrogen) atoms. The van der Waals surface area contributed by atoms with Gasteiger partial charge in [0, 0.05) is 25.2 Å². The molecule has 0 spiro atoms. The molecule has 0 radical (unpaired) electrons. The van der Waals surface area contributed by atoms with E-state index in [-0.39, 0.29) is 12.6 Å². The third-order valence-corrected chi connectivity index (χ3v) is 2.94. The van der Waals surface area contributed by atoms with Gasteiger partial charge in [-0.05, 0) is 6.92 Å². The molecule has 1 fully saturated rings. The number of nitrogens with zero attached hydrogens (tertiary/aromatic N) is 2. The van der Waals surface area contributed by atoms with E-state index < -0.39 is 17.5 Å². The van der Waals surface area contributed by atoms with E-state index in [0.717, 1.165) is 0 Å². The molecule has 1 aromatic heterocycles. The number of aromatic nitrogens is 2. The van der Waals surface area contributed by atoms with E-state index in [1.807, 2.05) is 0 Å². The van der Waals surface area contributed by atoms with Gasteiger partial charge in [-0.3, -0.25) is 19.2 Å². The average Bonchev–Trinajstić information content (AvgIpc) is 2.65. The van der Waals surface area contributed by atoms with Gasteiger partial charge >= 0.3 is 5.69 Å². The highest BCUT2D eigenvalue weighted by Gasteiger charge is 2.32. The fourth-order valence-corrected chi connectivity index (χ4v) is 1.86. The van der Waals surface area contributed by atoms with Crippen LogP contribution in [0.25, 0.3) is 0 Å². The van der Waals surface area contributed by atoms with Crippen LogP contribution in [0.5, 0.6) is 0 Å². The monoisotopic (exact) mass is 241 g/mol. The molecular weight excluding hydrogens is 226 g/mol. The van der Waals surface area contributed by atoms with Crippen LogP contribution in [-0.2, 0) is 4.84 Å². The van der Waals surface area contributed by atoms with Crippen molar-refractivity contribution in [3.8, 4) is 0 Å². The Kier molecular flexibility index (Phi) is 3.14. The number of hydrogen-bond acceptors (Lipinski definition) is 5. The Bertz CT molecular complexity index is 521. The van der Waals surface area contributed by atoms with Gasteiger partial charge in [0.05, 0.1) is 12.6 Å². The lowest BCUT2D eigenvalue weighted by Crippen LogP contribution is -2.33. The van der Waals surface area contributed by atoms with Gasteiger partial charge in [0.25, 0.3) is 5.56 Å². The molecule has 1 aromatic rings. The number of nitrogens with one attached hydrogen (secondary N) is 1. The average molecular weight is 241 g/mol. The highest BCUT2D eigenvalue weighted by Crippen LogP contribution is 2.25. The van der Waals surface area contributed by atoms with Crippen molar-refractivity contribution < 1.29 is 9.94 Å². The van der Waals surface area contributed by atoms with Crippen LogP contribution in [0.15, 0.2) is 15.8 Å². The molecule has 2 atom stereocenters. The zero-order valence-corrected chi connectivity index (χ0v) is 9.71. The Morgan fingerprint density at radius 1 is 1.59 bits per heavy atom. The van der Waals surface area contributed by atoms with Crippen LogP contribution < -0.4 is 11.2 Å². The topological polar surface area (TPSA) is 87.6 Å². The standard InChI is InChI=1S/C10H15N3O4/c1-6-4-13(10(16)11-9(6)15)8-3-7(5-14)12(2)17-8/h4,7-8,14H,3,5H2,1-2H3,(H,11,15,16)/t7-,8-/m1/s1. The lowest BCUT2D eigenvalue weighted by molar-refractivity contribution is -0.170. The number of H-pyrrole nitrogens is 1. The minimum atomic E-state index is -0.502. The summed E-state index contributed by atoms with van der Waals surface area (Å²) in [7, 11) is 1.70. The van der Waals surface area contributed by atoms with Crippen molar-refractivity contribution in [2.24, 2.45) is 0 Å². The number of aliphatic hydroxyl groups is 1. The molecule has 0 aliphatic carbocycles. The minimum absolute atomic E-state index is 0.0376. The van der Waals surface area contributed by atoms with Gasteiger partial charge in [-0.25, -0.2) is 4.79 Å². The number of hydroxylamine groups is 2. The van der Waals surface area contributed by atoms with Crippen molar-refractivity contribution >= 4 is 0 Å². The van der Waals surface area contributed by atoms with Gasteiger partial charge in [0.1, 0.15) is 0 Å². The van der Waals surface area contributed by atoms with E-state index in [4.69, 9.17) is 9.94 Å². The first-order chi connectivity index (χ1) is 8.02. The number of likely N-dealkylation sites (N-methyl/N-ethyl adjacent to an activating group) is 1. The quantitative estimate of drug-likeness (QED) is 0.691. The van der Waals surface area contributed by atoms with E-state index in [9.17, 15) is 9.59 Å². The fraction of sp³-hybridized carbons (Fsp3) is 0.600. The summed E-state index contributed by atoms with van der Waals surface area (Å²) < 4.78 is 1.34. The van der Waals surface area contributed by atoms with Crippen molar-refractivity contribution in [2.45, 2.75) is 25.6 Å². The first kappa shape index (κ1) is 12.0. The van der Waals surface area contributed by atoms with Crippen molar-refractivity contribution in [1.29, 1.82) is 0 Å². The fourth-order valence-electron chi connectivity index (χ4n) is 1.86. The first-order valence-corrected chi connectivity index (χ1v) is 5.35. The van der Waals surface area contributed by atoms with Crippen LogP contribution in [0.4, 0.5) is 0 Å². The van der Waals surface area contributed by atoms with E-state index in [1.54, 1.807) is 14.0 Å². The summed E-state index contributed by atoms with van der Waals surface area (Å²) in [5, 5.41) is 10.6. The Balaban J connectivity index is 2.34. The zero-order chi connectivity index (χ0) is 12.6. The molecule has 0 aromatic carbocycles. The summed E-state index contributed by atoms with van der Waals surface area (Å²) in [4.78, 5) is 30.5. The van der Waals surface area contributed by atoms with Gasteiger partial charge in [0.15, 0.2) is 6.23 Å². The summed E-state index contributed by atoms with van der Waals surface area (Å²) in [6.45, 7) is 1.58. The molecule has 2 rings (SSSR count). The van der Waals surface area contributed by atoms with Crippen LogP contribution >= 0.6 is 0 Å². The van der Waals surface area contributed by atoms with Crippen LogP contribution in [0, 0.1) is 6.92 Å². The number of aromatic amines is 1. The van der Waals surface area contributed by atoms with Crippen LogP contribution in [0.3, 0.4) is 0 Å². The molecule has 0 amide bonds. The number of aryl methyl sites for hydroxylation is 1. The van der Waals surface area contributed by atoms with E-state index >= 15 is 0 Å². The molecular formula is C10H15N3O4. The molecule has 1 aliphatic heterocycles. The molecule has 1 saturated heterocycles. The summed E-state index contributed by atoms with van der Waals surface area (Å²) in [6.07, 6.45) is 1.48. The van der Waals surface area contributed by atoms with Gasteiger partial charge < -0.3 is 5.11 Å². The predicted molar refractivity (Wildman–Crippen MR) is 59.4 cm³/mol. The Hall–Kier alpha value is -1.44. The minimum Gasteiger partial charge on any atom is -0.395 e. The van der Waals surface area contributed by atoms with E-state index in [2.05, 4.69) is 4.98 Å². The molecule has 94 valence electrons. The normalized spacial score (nSPS) is 25.4. The predicted octanol–water partition coefficient (Wildman–Crippen LogP) is -1.03. The lowest BCUT2D eigenvalue weighted by Gasteiger charge is -2.15. The maximum absolute atomic E-state index is 11.6. The smallest absolute Gasteiger partial charge is 0.330 e. The largest absolute Gasteiger partial charge is 0.395 e. The van der Waals surface area contributed by atoms with Crippen molar-refractivity contribution in [1.82, 2.24) is 14.6 Å². The summed E-state index contributed by atoms with van der Waals surface area (Å²) >= 11 is 0. The molecule has 7 heteroatoms. The first-order valence-electron chi connectivity index (χ1n) is 5.35. The van der Waals surface area contributed by atoms with Crippen molar-refractivity contribution in [2.75, 3.05) is 13.7 Å². The van der Waals surface area contributed by atoms with Crippen molar-refractivity contribution in [3.63, 3.8) is 0 Å². The number of aliphatic hydroxyl groups excluding tert-OH is 1. The highest BCUT2D eigenvalue weighted by molar-refractivity contribution is 5.01. The Morgan fingerprint density at radius 2 is 2.29 bits per heavy atom. The van der Waals surface area contributed by atoms with Gasteiger partial charge in [0.2, 0.25) is 0 Å². The third-order valence-electron chi connectivity index (χ3n) is 2.94. The van der Waals surface area contributed by atoms with Crippen LogP contribution in [0.1, 0.15) is 18.2 Å². The Labute approximate surface area is 97.2 Å². The van der Waals surface area contributed by atoms with Gasteiger partial charge in [-0.15, -0.1) is 0 Å². The van der Waals surface area contributed by atoms with Crippen LogP contribution in [-0.4, -0.2) is 39.4 Å². The third kappa shape index (κ3) is 2.17.